The summed E-state index contributed by atoms with van der Waals surface area (Å²) in [5.41, 5.74) is 2.43. The van der Waals surface area contributed by atoms with Gasteiger partial charge in [-0.05, 0) is 70.4 Å². The van der Waals surface area contributed by atoms with Crippen LogP contribution in [-0.4, -0.2) is 56.6 Å². The van der Waals surface area contributed by atoms with Crippen LogP contribution in [0.5, 0.6) is 5.75 Å². The summed E-state index contributed by atoms with van der Waals surface area (Å²) < 4.78 is 32.0. The Kier molecular flexibility index (Phi) is 8.94. The summed E-state index contributed by atoms with van der Waals surface area (Å²) in [5, 5.41) is 2.91. The highest BCUT2D eigenvalue weighted by atomic mass is 32.2. The molecule has 0 bridgehead atoms. The second-order valence-electron chi connectivity index (χ2n) is 9.81. The Hall–Kier alpha value is -3.07. The normalized spacial score (nSPS) is 12.6. The van der Waals surface area contributed by atoms with Gasteiger partial charge in [-0.2, -0.15) is 0 Å². The van der Waals surface area contributed by atoms with Crippen molar-refractivity contribution in [3.63, 3.8) is 0 Å². The smallest absolute Gasteiger partial charge is 0.244 e. The summed E-state index contributed by atoms with van der Waals surface area (Å²) in [6.45, 7) is 10.7. The van der Waals surface area contributed by atoms with Gasteiger partial charge < -0.3 is 15.0 Å². The zero-order valence-corrected chi connectivity index (χ0v) is 22.7. The van der Waals surface area contributed by atoms with E-state index in [0.717, 1.165) is 27.3 Å². The lowest BCUT2D eigenvalue weighted by Gasteiger charge is -2.33. The van der Waals surface area contributed by atoms with Gasteiger partial charge in [0.15, 0.2) is 0 Å². The lowest BCUT2D eigenvalue weighted by molar-refractivity contribution is -0.140. The molecule has 2 aromatic carbocycles. The van der Waals surface area contributed by atoms with Crippen LogP contribution in [0.1, 0.15) is 44.4 Å². The fraction of sp³-hybridized carbons (Fsp3) is 0.462. The third kappa shape index (κ3) is 7.71. The monoisotopic (exact) mass is 503 g/mol. The van der Waals surface area contributed by atoms with Crippen LogP contribution >= 0.6 is 0 Å². The van der Waals surface area contributed by atoms with Crippen LogP contribution in [0, 0.1) is 13.8 Å². The third-order valence-corrected chi connectivity index (χ3v) is 6.68. The van der Waals surface area contributed by atoms with Crippen molar-refractivity contribution in [2.45, 2.75) is 59.7 Å². The number of aryl methyl sites for hydroxylation is 2. The molecule has 8 nitrogen and oxygen atoms in total. The number of nitrogens with one attached hydrogen (secondary N) is 1. The number of benzene rings is 2. The number of ether oxygens (including phenoxy) is 1. The van der Waals surface area contributed by atoms with E-state index in [2.05, 4.69) is 5.32 Å². The van der Waals surface area contributed by atoms with Crippen molar-refractivity contribution >= 4 is 27.5 Å². The van der Waals surface area contributed by atoms with Crippen LogP contribution in [0.15, 0.2) is 42.5 Å². The standard InChI is InChI=1S/C26H37N3O5S/c1-18-13-14-23(34-7)22(15-18)29(35(8,32)33)17-24(30)28(16-21-12-10-9-11-19(21)2)20(3)25(31)27-26(4,5)6/h9-15,20H,16-17H2,1-8H3,(H,27,31). The topological polar surface area (TPSA) is 96.0 Å². The largest absolute Gasteiger partial charge is 0.495 e. The Bertz CT molecular complexity index is 1170. The first-order chi connectivity index (χ1) is 16.1. The number of nitrogens with zero attached hydrogens (tertiary/aromatic N) is 2. The SMILES string of the molecule is COc1ccc(C)cc1N(CC(=O)N(Cc1ccccc1C)C(C)C(=O)NC(C)(C)C)S(C)(=O)=O. The number of amides is 2. The Labute approximate surface area is 209 Å². The molecular formula is C26H37N3O5S. The fourth-order valence-corrected chi connectivity index (χ4v) is 4.46. The zero-order chi connectivity index (χ0) is 26.6. The van der Waals surface area contributed by atoms with Crippen LogP contribution < -0.4 is 14.4 Å². The van der Waals surface area contributed by atoms with Gasteiger partial charge in [-0.25, -0.2) is 8.42 Å². The van der Waals surface area contributed by atoms with Gasteiger partial charge in [0.2, 0.25) is 21.8 Å². The maximum absolute atomic E-state index is 13.7. The average Bonchev–Trinajstić information content (AvgIpc) is 2.74. The highest BCUT2D eigenvalue weighted by Crippen LogP contribution is 2.31. The zero-order valence-electron chi connectivity index (χ0n) is 21.9. The molecule has 0 radical (unpaired) electrons. The molecule has 0 spiro atoms. The molecule has 0 saturated heterocycles. The van der Waals surface area contributed by atoms with Gasteiger partial charge in [0, 0.05) is 12.1 Å². The van der Waals surface area contributed by atoms with Crippen LogP contribution in [0.2, 0.25) is 0 Å². The predicted molar refractivity (Wildman–Crippen MR) is 139 cm³/mol. The van der Waals surface area contributed by atoms with E-state index < -0.39 is 34.1 Å². The molecule has 0 fully saturated rings. The number of methoxy groups -OCH3 is 1. The molecule has 1 unspecified atom stereocenters. The summed E-state index contributed by atoms with van der Waals surface area (Å²) in [7, 11) is -2.40. The fourth-order valence-electron chi connectivity index (χ4n) is 3.62. The molecule has 0 saturated carbocycles. The number of hydrogen-bond acceptors (Lipinski definition) is 5. The van der Waals surface area contributed by atoms with Gasteiger partial charge in [-0.1, -0.05) is 30.3 Å². The lowest BCUT2D eigenvalue weighted by Crippen LogP contribution is -2.54. The highest BCUT2D eigenvalue weighted by molar-refractivity contribution is 7.92. The van der Waals surface area contributed by atoms with Gasteiger partial charge >= 0.3 is 0 Å². The van der Waals surface area contributed by atoms with Gasteiger partial charge in [-0.15, -0.1) is 0 Å². The van der Waals surface area contributed by atoms with Gasteiger partial charge in [-0.3, -0.25) is 13.9 Å². The maximum atomic E-state index is 13.7. The molecule has 1 atom stereocenters. The lowest BCUT2D eigenvalue weighted by atomic mass is 10.1. The molecule has 192 valence electrons. The molecule has 2 rings (SSSR count). The summed E-state index contributed by atoms with van der Waals surface area (Å²) in [6.07, 6.45) is 1.05. The van der Waals surface area contributed by atoms with Gasteiger partial charge in [0.05, 0.1) is 19.1 Å². The van der Waals surface area contributed by atoms with E-state index in [9.17, 15) is 18.0 Å². The number of rotatable bonds is 9. The molecule has 0 aliphatic carbocycles. The van der Waals surface area contributed by atoms with Crippen LogP contribution in [0.3, 0.4) is 0 Å². The molecule has 0 heterocycles. The molecule has 9 heteroatoms. The first-order valence-corrected chi connectivity index (χ1v) is 13.3. The minimum Gasteiger partial charge on any atom is -0.495 e. The van der Waals surface area contributed by atoms with E-state index in [4.69, 9.17) is 4.74 Å². The number of sulfonamides is 1. The number of anilines is 1. The molecule has 0 aromatic heterocycles. The molecule has 1 N–H and O–H groups in total. The summed E-state index contributed by atoms with van der Waals surface area (Å²) in [5.74, 6) is -0.491. The van der Waals surface area contributed by atoms with Crippen molar-refractivity contribution < 1.29 is 22.7 Å². The number of carbonyl (C=O) groups is 2. The molecule has 2 aromatic rings. The number of hydrogen-bond donors (Lipinski definition) is 1. The first kappa shape index (κ1) is 28.2. The van der Waals surface area contributed by atoms with Gasteiger partial charge in [0.1, 0.15) is 18.3 Å². The summed E-state index contributed by atoms with van der Waals surface area (Å²) >= 11 is 0. The Morgan fingerprint density at radius 3 is 2.26 bits per heavy atom. The number of carbonyl (C=O) groups excluding carboxylic acids is 2. The molecule has 2 amide bonds. The van der Waals surface area contributed by atoms with Crippen molar-refractivity contribution in [2.75, 3.05) is 24.2 Å². The second kappa shape index (κ2) is 11.1. The molecular weight excluding hydrogens is 466 g/mol. The van der Waals surface area contributed by atoms with E-state index >= 15 is 0 Å². The molecule has 35 heavy (non-hydrogen) atoms. The van der Waals surface area contributed by atoms with Crippen molar-refractivity contribution in [3.05, 3.63) is 59.2 Å². The van der Waals surface area contributed by atoms with Crippen molar-refractivity contribution in [3.8, 4) is 5.75 Å². The third-order valence-electron chi connectivity index (χ3n) is 5.55. The molecule has 0 aliphatic heterocycles. The van der Waals surface area contributed by atoms with Crippen LogP contribution in [0.4, 0.5) is 5.69 Å². The van der Waals surface area contributed by atoms with Crippen LogP contribution in [0.25, 0.3) is 0 Å². The van der Waals surface area contributed by atoms with E-state index in [1.807, 2.05) is 58.9 Å². The minimum absolute atomic E-state index is 0.160. The summed E-state index contributed by atoms with van der Waals surface area (Å²) in [6, 6.07) is 11.9. The quantitative estimate of drug-likeness (QED) is 0.566. The van der Waals surface area contributed by atoms with E-state index in [1.165, 1.54) is 12.0 Å². The summed E-state index contributed by atoms with van der Waals surface area (Å²) in [4.78, 5) is 28.1. The Morgan fingerprint density at radius 2 is 1.71 bits per heavy atom. The van der Waals surface area contributed by atoms with Crippen molar-refractivity contribution in [1.82, 2.24) is 10.2 Å². The average molecular weight is 504 g/mol. The van der Waals surface area contributed by atoms with Crippen molar-refractivity contribution in [1.29, 1.82) is 0 Å². The maximum Gasteiger partial charge on any atom is 0.244 e. The van der Waals surface area contributed by atoms with Crippen LogP contribution in [-0.2, 0) is 26.2 Å². The van der Waals surface area contributed by atoms with E-state index in [1.54, 1.807) is 25.1 Å². The minimum atomic E-state index is -3.85. The van der Waals surface area contributed by atoms with Gasteiger partial charge in [0.25, 0.3) is 0 Å². The highest BCUT2D eigenvalue weighted by Gasteiger charge is 2.32. The Balaban J connectivity index is 2.49. The first-order valence-electron chi connectivity index (χ1n) is 11.4. The van der Waals surface area contributed by atoms with E-state index in [0.29, 0.717) is 5.75 Å². The van der Waals surface area contributed by atoms with E-state index in [-0.39, 0.29) is 18.1 Å². The Morgan fingerprint density at radius 1 is 1.09 bits per heavy atom. The predicted octanol–water partition coefficient (Wildman–Crippen LogP) is 3.41. The van der Waals surface area contributed by atoms with Crippen molar-refractivity contribution in [2.24, 2.45) is 0 Å². The second-order valence-corrected chi connectivity index (χ2v) is 11.7. The molecule has 0 aliphatic rings.